The van der Waals surface area contributed by atoms with Gasteiger partial charge in [-0.2, -0.15) is 5.10 Å². The summed E-state index contributed by atoms with van der Waals surface area (Å²) in [6.45, 7) is 3.18. The number of carboxylic acids is 1. The lowest BCUT2D eigenvalue weighted by molar-refractivity contribution is -0.137. The van der Waals surface area contributed by atoms with Gasteiger partial charge in [-0.1, -0.05) is 11.6 Å². The first-order chi connectivity index (χ1) is 10.9. The van der Waals surface area contributed by atoms with Crippen LogP contribution in [0.1, 0.15) is 36.9 Å². The molecule has 1 aliphatic rings. The van der Waals surface area contributed by atoms with Crippen molar-refractivity contribution >= 4 is 29.6 Å². The first-order valence-corrected chi connectivity index (χ1v) is 8.14. The molecule has 1 amide bonds. The first-order valence-electron chi connectivity index (χ1n) is 7.76. The van der Waals surface area contributed by atoms with Crippen LogP contribution in [0.15, 0.2) is 6.08 Å². The third kappa shape index (κ3) is 4.58. The molecule has 1 unspecified atom stereocenters. The lowest BCUT2D eigenvalue weighted by Crippen LogP contribution is -2.39. The van der Waals surface area contributed by atoms with E-state index in [-0.39, 0.29) is 18.2 Å². The molecule has 1 saturated heterocycles. The minimum atomic E-state index is -0.782. The number of carbonyl (C=O) groups is 2. The number of piperidine rings is 1. The molecule has 1 aromatic rings. The Balaban J connectivity index is 1.97. The number of carboxylic acid groups (broad SMARTS) is 1. The minimum absolute atomic E-state index is 0.0654. The maximum absolute atomic E-state index is 12.3. The van der Waals surface area contributed by atoms with Gasteiger partial charge in [0.15, 0.2) is 0 Å². The average Bonchev–Trinajstić information content (AvgIpc) is 2.76. The van der Waals surface area contributed by atoms with E-state index in [9.17, 15) is 9.59 Å². The Hall–Kier alpha value is -1.82. The van der Waals surface area contributed by atoms with Crippen molar-refractivity contribution in [2.24, 2.45) is 13.0 Å². The summed E-state index contributed by atoms with van der Waals surface area (Å²) in [4.78, 5) is 24.8. The fourth-order valence-electron chi connectivity index (χ4n) is 2.92. The Bertz CT molecular complexity index is 624. The highest BCUT2D eigenvalue weighted by Gasteiger charge is 2.23. The van der Waals surface area contributed by atoms with Crippen molar-refractivity contribution in [2.75, 3.05) is 13.1 Å². The van der Waals surface area contributed by atoms with Gasteiger partial charge in [0.1, 0.15) is 5.15 Å². The molecule has 2 rings (SSSR count). The second-order valence-corrected chi connectivity index (χ2v) is 6.33. The van der Waals surface area contributed by atoms with Gasteiger partial charge in [0.25, 0.3) is 0 Å². The average molecular weight is 340 g/mol. The largest absolute Gasteiger partial charge is 0.481 e. The summed E-state index contributed by atoms with van der Waals surface area (Å²) in [5.41, 5.74) is 1.53. The third-order valence-electron chi connectivity index (χ3n) is 4.19. The Kier molecular flexibility index (Phi) is 5.82. The van der Waals surface area contributed by atoms with E-state index in [0.29, 0.717) is 24.7 Å². The molecule has 1 aliphatic heterocycles. The Morgan fingerprint density at radius 2 is 2.22 bits per heavy atom. The molecular formula is C16H22ClN3O3. The van der Waals surface area contributed by atoms with Crippen molar-refractivity contribution in [1.29, 1.82) is 0 Å². The van der Waals surface area contributed by atoms with Crippen LogP contribution in [0.3, 0.4) is 0 Å². The van der Waals surface area contributed by atoms with E-state index in [4.69, 9.17) is 16.7 Å². The Labute approximate surface area is 140 Å². The van der Waals surface area contributed by atoms with Gasteiger partial charge in [-0.05, 0) is 38.2 Å². The summed E-state index contributed by atoms with van der Waals surface area (Å²) in [6.07, 6.45) is 5.90. The van der Waals surface area contributed by atoms with Crippen LogP contribution in [0.2, 0.25) is 5.15 Å². The van der Waals surface area contributed by atoms with Crippen molar-refractivity contribution in [1.82, 2.24) is 14.7 Å². The molecular weight excluding hydrogens is 318 g/mol. The molecule has 0 spiro atoms. The van der Waals surface area contributed by atoms with Crippen LogP contribution in [0, 0.1) is 12.8 Å². The first kappa shape index (κ1) is 17.5. The van der Waals surface area contributed by atoms with Gasteiger partial charge in [0.2, 0.25) is 5.91 Å². The van der Waals surface area contributed by atoms with Crippen LogP contribution in [-0.2, 0) is 16.6 Å². The van der Waals surface area contributed by atoms with E-state index in [2.05, 4.69) is 5.10 Å². The molecule has 126 valence electrons. The normalized spacial score (nSPS) is 18.6. The fourth-order valence-corrected chi connectivity index (χ4v) is 3.16. The van der Waals surface area contributed by atoms with Crippen LogP contribution in [0.4, 0.5) is 0 Å². The molecule has 7 heteroatoms. The van der Waals surface area contributed by atoms with E-state index < -0.39 is 5.97 Å². The number of aromatic nitrogens is 2. The second-order valence-electron chi connectivity index (χ2n) is 5.97. The summed E-state index contributed by atoms with van der Waals surface area (Å²) in [5.74, 6) is -0.583. The standard InChI is InChI=1S/C16H22ClN3O3/c1-11-13(16(17)19(2)18-11)6-7-14(21)20-9-3-4-12(10-20)5-8-15(22)23/h6-7,12H,3-5,8-10H2,1-2H3,(H,22,23)/b7-6+. The van der Waals surface area contributed by atoms with Crippen LogP contribution in [0.25, 0.3) is 6.08 Å². The van der Waals surface area contributed by atoms with Crippen LogP contribution < -0.4 is 0 Å². The predicted octanol–water partition coefficient (Wildman–Crippen LogP) is 2.50. The number of halogens is 1. The highest BCUT2D eigenvalue weighted by Crippen LogP contribution is 2.23. The van der Waals surface area contributed by atoms with Gasteiger partial charge < -0.3 is 10.0 Å². The van der Waals surface area contributed by atoms with E-state index in [1.54, 1.807) is 22.7 Å². The van der Waals surface area contributed by atoms with Crippen molar-refractivity contribution < 1.29 is 14.7 Å². The molecule has 0 radical (unpaired) electrons. The highest BCUT2D eigenvalue weighted by molar-refractivity contribution is 6.31. The number of hydrogen-bond donors (Lipinski definition) is 1. The number of carbonyl (C=O) groups excluding carboxylic acids is 1. The number of aliphatic carboxylic acids is 1. The van der Waals surface area contributed by atoms with Crippen molar-refractivity contribution in [2.45, 2.75) is 32.6 Å². The monoisotopic (exact) mass is 339 g/mol. The quantitative estimate of drug-likeness (QED) is 0.836. The van der Waals surface area contributed by atoms with Crippen molar-refractivity contribution in [3.8, 4) is 0 Å². The van der Waals surface area contributed by atoms with Crippen molar-refractivity contribution in [3.63, 3.8) is 0 Å². The van der Waals surface area contributed by atoms with Gasteiger partial charge in [0, 0.05) is 38.2 Å². The Morgan fingerprint density at radius 1 is 1.48 bits per heavy atom. The van der Waals surface area contributed by atoms with Gasteiger partial charge in [0.05, 0.1) is 5.69 Å². The molecule has 1 atom stereocenters. The van der Waals surface area contributed by atoms with Gasteiger partial charge in [-0.3, -0.25) is 14.3 Å². The lowest BCUT2D eigenvalue weighted by atomic mass is 9.93. The van der Waals surface area contributed by atoms with E-state index in [1.165, 1.54) is 6.08 Å². The topological polar surface area (TPSA) is 75.4 Å². The third-order valence-corrected chi connectivity index (χ3v) is 4.63. The van der Waals surface area contributed by atoms with Gasteiger partial charge in [-0.15, -0.1) is 0 Å². The van der Waals surface area contributed by atoms with Crippen LogP contribution in [-0.4, -0.2) is 44.8 Å². The molecule has 1 fully saturated rings. The van der Waals surface area contributed by atoms with Gasteiger partial charge in [-0.25, -0.2) is 0 Å². The molecule has 0 bridgehead atoms. The number of aryl methyl sites for hydroxylation is 2. The van der Waals surface area contributed by atoms with Gasteiger partial charge >= 0.3 is 5.97 Å². The smallest absolute Gasteiger partial charge is 0.303 e. The predicted molar refractivity (Wildman–Crippen MR) is 88.2 cm³/mol. The van der Waals surface area contributed by atoms with E-state index in [0.717, 1.165) is 24.1 Å². The summed E-state index contributed by atoms with van der Waals surface area (Å²) < 4.78 is 1.57. The molecule has 0 saturated carbocycles. The summed E-state index contributed by atoms with van der Waals surface area (Å²) in [7, 11) is 1.76. The molecule has 0 aliphatic carbocycles. The molecule has 2 heterocycles. The molecule has 1 aromatic heterocycles. The maximum atomic E-state index is 12.3. The zero-order valence-electron chi connectivity index (χ0n) is 13.5. The number of likely N-dealkylation sites (tertiary alicyclic amines) is 1. The molecule has 23 heavy (non-hydrogen) atoms. The fraction of sp³-hybridized carbons (Fsp3) is 0.562. The Morgan fingerprint density at radius 3 is 2.83 bits per heavy atom. The SMILES string of the molecule is Cc1nn(C)c(Cl)c1/C=C/C(=O)N1CCCC(CCC(=O)O)C1. The second kappa shape index (κ2) is 7.64. The molecule has 6 nitrogen and oxygen atoms in total. The minimum Gasteiger partial charge on any atom is -0.481 e. The zero-order chi connectivity index (χ0) is 17.0. The highest BCUT2D eigenvalue weighted by atomic mass is 35.5. The van der Waals surface area contributed by atoms with Crippen LogP contribution >= 0.6 is 11.6 Å². The molecule has 0 aromatic carbocycles. The summed E-state index contributed by atoms with van der Waals surface area (Å²) in [5, 5.41) is 13.5. The number of amides is 1. The van der Waals surface area contributed by atoms with Crippen molar-refractivity contribution in [3.05, 3.63) is 22.5 Å². The lowest BCUT2D eigenvalue weighted by Gasteiger charge is -2.32. The van der Waals surface area contributed by atoms with Crippen LogP contribution in [0.5, 0.6) is 0 Å². The van der Waals surface area contributed by atoms with E-state index in [1.807, 2.05) is 6.92 Å². The number of rotatable bonds is 5. The maximum Gasteiger partial charge on any atom is 0.303 e. The summed E-state index contributed by atoms with van der Waals surface area (Å²) in [6, 6.07) is 0. The summed E-state index contributed by atoms with van der Waals surface area (Å²) >= 11 is 6.15. The number of nitrogens with zero attached hydrogens (tertiary/aromatic N) is 3. The van der Waals surface area contributed by atoms with E-state index >= 15 is 0 Å². The zero-order valence-corrected chi connectivity index (χ0v) is 14.2. The molecule has 1 N–H and O–H groups in total. The number of hydrogen-bond acceptors (Lipinski definition) is 3.